The van der Waals surface area contributed by atoms with Crippen molar-refractivity contribution in [1.29, 1.82) is 0 Å². The van der Waals surface area contributed by atoms with Gasteiger partial charge in [-0.2, -0.15) is 0 Å². The Morgan fingerprint density at radius 3 is 1.62 bits per heavy atom. The molecule has 1 heterocycles. The van der Waals surface area contributed by atoms with Crippen LogP contribution in [-0.4, -0.2) is 15.0 Å². The number of nitrogens with zero attached hydrogens (tertiary/aromatic N) is 4. The predicted octanol–water partition coefficient (Wildman–Crippen LogP) is 9.77. The van der Waals surface area contributed by atoms with Crippen LogP contribution in [0.25, 0.3) is 11.0 Å². The molecule has 0 amide bonds. The Hall–Kier alpha value is -3.14. The Morgan fingerprint density at radius 2 is 1.18 bits per heavy atom. The second-order valence-electron chi connectivity index (χ2n) is 14.6. The van der Waals surface area contributed by atoms with Gasteiger partial charge in [-0.15, -0.1) is 5.10 Å². The zero-order valence-electron chi connectivity index (χ0n) is 26.3. The third-order valence-corrected chi connectivity index (χ3v) is 7.60. The molecule has 0 fully saturated rings. The van der Waals surface area contributed by atoms with Gasteiger partial charge in [-0.05, 0) is 102 Å². The summed E-state index contributed by atoms with van der Waals surface area (Å²) < 4.78 is 2.03. The number of benzene rings is 3. The molecule has 3 aromatic carbocycles. The van der Waals surface area contributed by atoms with Crippen molar-refractivity contribution in [2.75, 3.05) is 4.90 Å². The SMILES string of the molecule is Cc1cccc2nnn(CN(c3ccc(CC(C)CC(C)(C)C)cc3)c3ccc(CC(C)CC(C)(C)C)cc3)c12. The number of para-hydroxylation sites is 1. The normalized spacial score (nSPS) is 13.9. The maximum atomic E-state index is 4.55. The van der Waals surface area contributed by atoms with Crippen molar-refractivity contribution in [3.8, 4) is 0 Å². The van der Waals surface area contributed by atoms with Crippen molar-refractivity contribution in [2.24, 2.45) is 22.7 Å². The lowest BCUT2D eigenvalue weighted by Gasteiger charge is -2.27. The monoisotopic (exact) mass is 538 g/mol. The lowest BCUT2D eigenvalue weighted by atomic mass is 9.83. The quantitative estimate of drug-likeness (QED) is 0.201. The molecule has 40 heavy (non-hydrogen) atoms. The second kappa shape index (κ2) is 12.2. The van der Waals surface area contributed by atoms with Gasteiger partial charge in [0.05, 0.1) is 5.52 Å². The van der Waals surface area contributed by atoms with E-state index in [1.807, 2.05) is 16.8 Å². The number of rotatable bonds is 10. The minimum Gasteiger partial charge on any atom is -0.321 e. The van der Waals surface area contributed by atoms with Gasteiger partial charge in [-0.1, -0.05) is 97.0 Å². The molecule has 0 saturated carbocycles. The van der Waals surface area contributed by atoms with E-state index in [2.05, 4.69) is 132 Å². The number of fused-ring (bicyclic) bond motifs is 1. The fourth-order valence-corrected chi connectivity index (χ4v) is 6.42. The molecule has 1 aromatic heterocycles. The van der Waals surface area contributed by atoms with Crippen LogP contribution in [0.5, 0.6) is 0 Å². The second-order valence-corrected chi connectivity index (χ2v) is 14.6. The van der Waals surface area contributed by atoms with Crippen molar-refractivity contribution < 1.29 is 0 Å². The molecule has 2 atom stereocenters. The highest BCUT2D eigenvalue weighted by atomic mass is 15.5. The molecule has 0 aliphatic rings. The zero-order valence-corrected chi connectivity index (χ0v) is 26.3. The zero-order chi connectivity index (χ0) is 29.1. The molecule has 4 heteroatoms. The summed E-state index contributed by atoms with van der Waals surface area (Å²) in [6.07, 6.45) is 4.65. The topological polar surface area (TPSA) is 34.0 Å². The van der Waals surface area contributed by atoms with E-state index < -0.39 is 0 Å². The summed E-state index contributed by atoms with van der Waals surface area (Å²) in [4.78, 5) is 2.35. The Labute approximate surface area is 242 Å². The highest BCUT2D eigenvalue weighted by Gasteiger charge is 2.19. The molecule has 4 aromatic rings. The first-order chi connectivity index (χ1) is 18.8. The average Bonchev–Trinajstić information content (AvgIpc) is 3.25. The first kappa shape index (κ1) is 29.8. The summed E-state index contributed by atoms with van der Waals surface area (Å²) in [7, 11) is 0. The van der Waals surface area contributed by atoms with Gasteiger partial charge in [0.2, 0.25) is 0 Å². The molecule has 0 radical (unpaired) electrons. The minimum absolute atomic E-state index is 0.353. The molecular weight excluding hydrogens is 488 g/mol. The van der Waals surface area contributed by atoms with Crippen molar-refractivity contribution in [2.45, 2.75) is 94.7 Å². The number of anilines is 2. The molecule has 0 bridgehead atoms. The maximum Gasteiger partial charge on any atom is 0.119 e. The fraction of sp³-hybridized carbons (Fsp3) is 0.500. The molecular formula is C36H50N4. The van der Waals surface area contributed by atoms with Crippen LogP contribution in [0.3, 0.4) is 0 Å². The standard InChI is InChI=1S/C36H50N4/c1-26(23-35(4,5)6)21-29-13-17-31(18-14-29)39(25-40-34-28(3)11-10-12-33(34)37-38-40)32-19-15-30(16-20-32)22-27(2)24-36(7,8)9/h10-20,26-27H,21-25H2,1-9H3. The van der Waals surface area contributed by atoms with E-state index >= 15 is 0 Å². The highest BCUT2D eigenvalue weighted by Crippen LogP contribution is 2.31. The summed E-state index contributed by atoms with van der Waals surface area (Å²) in [6, 6.07) is 24.5. The number of hydrogen-bond donors (Lipinski definition) is 0. The average molecular weight is 539 g/mol. The van der Waals surface area contributed by atoms with Gasteiger partial charge in [0.1, 0.15) is 12.2 Å². The van der Waals surface area contributed by atoms with Crippen molar-refractivity contribution in [3.05, 3.63) is 83.4 Å². The molecule has 4 nitrogen and oxygen atoms in total. The van der Waals surface area contributed by atoms with Gasteiger partial charge in [-0.25, -0.2) is 4.68 Å². The van der Waals surface area contributed by atoms with Crippen molar-refractivity contribution in [3.63, 3.8) is 0 Å². The van der Waals surface area contributed by atoms with E-state index in [1.165, 1.54) is 40.9 Å². The van der Waals surface area contributed by atoms with Crippen LogP contribution in [0, 0.1) is 29.6 Å². The largest absolute Gasteiger partial charge is 0.321 e. The Kier molecular flexibility index (Phi) is 9.07. The van der Waals surface area contributed by atoms with E-state index in [0.29, 0.717) is 29.3 Å². The van der Waals surface area contributed by atoms with Gasteiger partial charge >= 0.3 is 0 Å². The summed E-state index contributed by atoms with van der Waals surface area (Å²) in [5.41, 5.74) is 9.04. The van der Waals surface area contributed by atoms with E-state index in [4.69, 9.17) is 0 Å². The number of aromatic nitrogens is 3. The van der Waals surface area contributed by atoms with Crippen LogP contribution in [0.1, 0.15) is 84.9 Å². The van der Waals surface area contributed by atoms with Crippen LogP contribution in [0.4, 0.5) is 11.4 Å². The first-order valence-electron chi connectivity index (χ1n) is 15.0. The smallest absolute Gasteiger partial charge is 0.119 e. The third kappa shape index (κ3) is 8.19. The summed E-state index contributed by atoms with van der Waals surface area (Å²) >= 11 is 0. The third-order valence-electron chi connectivity index (χ3n) is 7.60. The van der Waals surface area contributed by atoms with Gasteiger partial charge in [0.25, 0.3) is 0 Å². The lowest BCUT2D eigenvalue weighted by molar-refractivity contribution is 0.306. The van der Waals surface area contributed by atoms with Crippen molar-refractivity contribution >= 4 is 22.4 Å². The van der Waals surface area contributed by atoms with E-state index in [0.717, 1.165) is 23.9 Å². The minimum atomic E-state index is 0.353. The van der Waals surface area contributed by atoms with Crippen LogP contribution >= 0.6 is 0 Å². The molecule has 0 N–H and O–H groups in total. The Morgan fingerprint density at radius 1 is 0.700 bits per heavy atom. The Bertz CT molecular complexity index is 1300. The number of hydrogen-bond acceptors (Lipinski definition) is 3. The molecule has 214 valence electrons. The summed E-state index contributed by atoms with van der Waals surface area (Å²) in [5, 5.41) is 9.01. The molecule has 4 rings (SSSR count). The molecule has 0 aliphatic carbocycles. The Balaban J connectivity index is 1.60. The first-order valence-corrected chi connectivity index (χ1v) is 15.0. The molecule has 0 spiro atoms. The van der Waals surface area contributed by atoms with E-state index in [-0.39, 0.29) is 0 Å². The van der Waals surface area contributed by atoms with Gasteiger partial charge < -0.3 is 4.90 Å². The van der Waals surface area contributed by atoms with Crippen molar-refractivity contribution in [1.82, 2.24) is 15.0 Å². The van der Waals surface area contributed by atoms with Crippen LogP contribution < -0.4 is 4.90 Å². The van der Waals surface area contributed by atoms with Crippen LogP contribution in [-0.2, 0) is 19.5 Å². The van der Waals surface area contributed by atoms with Gasteiger partial charge in [-0.3, -0.25) is 0 Å². The molecule has 0 saturated heterocycles. The fourth-order valence-electron chi connectivity index (χ4n) is 6.42. The van der Waals surface area contributed by atoms with Crippen LogP contribution in [0.15, 0.2) is 66.7 Å². The lowest BCUT2D eigenvalue weighted by Crippen LogP contribution is -2.22. The van der Waals surface area contributed by atoms with Gasteiger partial charge in [0.15, 0.2) is 0 Å². The predicted molar refractivity (Wildman–Crippen MR) is 171 cm³/mol. The molecule has 0 aliphatic heterocycles. The highest BCUT2D eigenvalue weighted by molar-refractivity contribution is 5.78. The van der Waals surface area contributed by atoms with E-state index in [9.17, 15) is 0 Å². The van der Waals surface area contributed by atoms with Crippen LogP contribution in [0.2, 0.25) is 0 Å². The summed E-state index contributed by atoms with van der Waals surface area (Å²) in [6.45, 7) is 21.4. The number of aryl methyl sites for hydroxylation is 1. The van der Waals surface area contributed by atoms with E-state index in [1.54, 1.807) is 0 Å². The summed E-state index contributed by atoms with van der Waals surface area (Å²) in [5.74, 6) is 1.30. The molecule has 2 unspecified atom stereocenters. The van der Waals surface area contributed by atoms with Gasteiger partial charge in [0, 0.05) is 11.4 Å². The maximum absolute atomic E-state index is 4.55.